The largest absolute Gasteiger partial charge is 0.337 e. The molecule has 1 saturated heterocycles. The molecule has 1 aliphatic heterocycles. The molecular weight excluding hydrogens is 398 g/mol. The van der Waals surface area contributed by atoms with Crippen molar-refractivity contribution >= 4 is 11.8 Å². The lowest BCUT2D eigenvalue weighted by atomic mass is 9.91. The fourth-order valence-electron chi connectivity index (χ4n) is 4.26. The van der Waals surface area contributed by atoms with Crippen LogP contribution in [-0.2, 0) is 11.2 Å². The summed E-state index contributed by atoms with van der Waals surface area (Å²) < 4.78 is 0. The van der Waals surface area contributed by atoms with Crippen molar-refractivity contribution in [2.24, 2.45) is 5.92 Å². The van der Waals surface area contributed by atoms with Crippen LogP contribution in [0.25, 0.3) is 11.1 Å². The molecule has 2 aromatic carbocycles. The summed E-state index contributed by atoms with van der Waals surface area (Å²) in [4.78, 5) is 34.3. The number of hydrogen-bond donors (Lipinski definition) is 0. The Morgan fingerprint density at radius 3 is 2.47 bits per heavy atom. The van der Waals surface area contributed by atoms with Crippen LogP contribution < -0.4 is 0 Å². The lowest BCUT2D eigenvalue weighted by Crippen LogP contribution is -2.38. The van der Waals surface area contributed by atoms with Crippen molar-refractivity contribution in [2.45, 2.75) is 6.42 Å². The maximum atomic E-state index is 13.4. The molecule has 3 aromatic rings. The van der Waals surface area contributed by atoms with Gasteiger partial charge in [-0.2, -0.15) is 0 Å². The molecule has 5 nitrogen and oxygen atoms in total. The third-order valence-corrected chi connectivity index (χ3v) is 5.87. The van der Waals surface area contributed by atoms with Gasteiger partial charge in [0.05, 0.1) is 5.92 Å². The topological polar surface area (TPSA) is 53.5 Å². The van der Waals surface area contributed by atoms with Gasteiger partial charge in [-0.3, -0.25) is 14.6 Å². The molecule has 0 unspecified atom stereocenters. The van der Waals surface area contributed by atoms with Gasteiger partial charge in [-0.05, 0) is 47.4 Å². The summed E-state index contributed by atoms with van der Waals surface area (Å²) in [5.41, 5.74) is 3.89. The molecule has 162 valence electrons. The smallest absolute Gasteiger partial charge is 0.253 e. The second-order valence-corrected chi connectivity index (χ2v) is 7.98. The number of rotatable bonds is 6. The van der Waals surface area contributed by atoms with Crippen LogP contribution in [0.3, 0.4) is 0 Å². The Bertz CT molecular complexity index is 1080. The van der Waals surface area contributed by atoms with Crippen molar-refractivity contribution in [3.05, 3.63) is 103 Å². The average Bonchev–Trinajstić information content (AvgIpc) is 3.00. The number of hydrogen-bond acceptors (Lipinski definition) is 3. The Hall–Kier alpha value is -3.73. The van der Waals surface area contributed by atoms with Crippen LogP contribution in [0, 0.1) is 5.92 Å². The molecule has 0 aliphatic carbocycles. The Morgan fingerprint density at radius 1 is 1.00 bits per heavy atom. The second-order valence-electron chi connectivity index (χ2n) is 7.98. The highest BCUT2D eigenvalue weighted by Crippen LogP contribution is 2.27. The second kappa shape index (κ2) is 10.1. The summed E-state index contributed by atoms with van der Waals surface area (Å²) in [7, 11) is 0. The lowest BCUT2D eigenvalue weighted by molar-refractivity contribution is -0.134. The van der Waals surface area contributed by atoms with Gasteiger partial charge in [0.15, 0.2) is 0 Å². The van der Waals surface area contributed by atoms with Crippen molar-refractivity contribution in [1.29, 1.82) is 0 Å². The van der Waals surface area contributed by atoms with E-state index in [-0.39, 0.29) is 17.7 Å². The van der Waals surface area contributed by atoms with Crippen LogP contribution in [0.2, 0.25) is 0 Å². The predicted molar refractivity (Wildman–Crippen MR) is 126 cm³/mol. The predicted octanol–water partition coefficient (Wildman–Crippen LogP) is 4.08. The molecule has 32 heavy (non-hydrogen) atoms. The summed E-state index contributed by atoms with van der Waals surface area (Å²) >= 11 is 0. The standard InChI is InChI=1S/C27H27N3O2/c1-2-16-29-17-18-30(26(31)22-8-4-3-5-9-22)20-24(27(29)32)19-23-10-6-7-11-25(23)21-12-14-28-15-13-21/h2-15,24H,1,16-20H2/t24-/m1/s1. The number of aromatic nitrogens is 1. The van der Waals surface area contributed by atoms with E-state index in [4.69, 9.17) is 0 Å². The highest BCUT2D eigenvalue weighted by atomic mass is 16.2. The molecular formula is C27H27N3O2. The zero-order valence-corrected chi connectivity index (χ0v) is 18.1. The van der Waals surface area contributed by atoms with Crippen molar-refractivity contribution in [3.8, 4) is 11.1 Å². The minimum Gasteiger partial charge on any atom is -0.337 e. The third-order valence-electron chi connectivity index (χ3n) is 5.87. The molecule has 2 heterocycles. The van der Waals surface area contributed by atoms with E-state index in [1.807, 2.05) is 64.4 Å². The first-order valence-electron chi connectivity index (χ1n) is 10.9. The number of nitrogens with zero attached hydrogens (tertiary/aromatic N) is 3. The average molecular weight is 426 g/mol. The van der Waals surface area contributed by atoms with E-state index in [1.165, 1.54) is 0 Å². The SMILES string of the molecule is C=CCN1CCN(C(=O)c2ccccc2)C[C@@H](Cc2ccccc2-c2ccncc2)C1=O. The van der Waals surface area contributed by atoms with Crippen molar-refractivity contribution in [1.82, 2.24) is 14.8 Å². The van der Waals surface area contributed by atoms with Gasteiger partial charge in [0, 0.05) is 44.1 Å². The normalized spacial score (nSPS) is 16.5. The minimum atomic E-state index is -0.326. The monoisotopic (exact) mass is 425 g/mol. The van der Waals surface area contributed by atoms with E-state index in [0.717, 1.165) is 16.7 Å². The molecule has 1 fully saturated rings. The van der Waals surface area contributed by atoms with Gasteiger partial charge < -0.3 is 9.80 Å². The zero-order valence-electron chi connectivity index (χ0n) is 18.1. The lowest BCUT2D eigenvalue weighted by Gasteiger charge is -2.24. The van der Waals surface area contributed by atoms with Gasteiger partial charge in [0.25, 0.3) is 5.91 Å². The number of carbonyl (C=O) groups excluding carboxylic acids is 2. The van der Waals surface area contributed by atoms with Gasteiger partial charge in [-0.25, -0.2) is 0 Å². The van der Waals surface area contributed by atoms with E-state index in [0.29, 0.717) is 38.2 Å². The molecule has 0 N–H and O–H groups in total. The molecule has 1 aromatic heterocycles. The van der Waals surface area contributed by atoms with E-state index >= 15 is 0 Å². The summed E-state index contributed by atoms with van der Waals surface area (Å²) in [6, 6.07) is 21.4. The van der Waals surface area contributed by atoms with Crippen LogP contribution in [0.1, 0.15) is 15.9 Å². The van der Waals surface area contributed by atoms with Crippen LogP contribution in [0.15, 0.2) is 91.8 Å². The molecule has 1 aliphatic rings. The first-order valence-corrected chi connectivity index (χ1v) is 10.9. The number of amides is 2. The molecule has 0 spiro atoms. The summed E-state index contributed by atoms with van der Waals surface area (Å²) in [6.45, 7) is 5.69. The fraction of sp³-hybridized carbons (Fsp3) is 0.222. The molecule has 0 saturated carbocycles. The van der Waals surface area contributed by atoms with Crippen LogP contribution >= 0.6 is 0 Å². The van der Waals surface area contributed by atoms with Crippen molar-refractivity contribution < 1.29 is 9.59 Å². The molecule has 2 amide bonds. The van der Waals surface area contributed by atoms with Gasteiger partial charge in [-0.1, -0.05) is 48.5 Å². The zero-order chi connectivity index (χ0) is 22.3. The molecule has 0 bridgehead atoms. The van der Waals surface area contributed by atoms with Gasteiger partial charge in [-0.15, -0.1) is 6.58 Å². The van der Waals surface area contributed by atoms with E-state index < -0.39 is 0 Å². The Morgan fingerprint density at radius 2 is 1.72 bits per heavy atom. The Labute approximate surface area is 189 Å². The van der Waals surface area contributed by atoms with Gasteiger partial charge in [0.1, 0.15) is 0 Å². The van der Waals surface area contributed by atoms with Crippen LogP contribution in [0.5, 0.6) is 0 Å². The fourth-order valence-corrected chi connectivity index (χ4v) is 4.26. The quantitative estimate of drug-likeness (QED) is 0.559. The van der Waals surface area contributed by atoms with Gasteiger partial charge in [0.2, 0.25) is 5.91 Å². The Balaban J connectivity index is 1.64. The van der Waals surface area contributed by atoms with E-state index in [9.17, 15) is 9.59 Å². The first kappa shape index (κ1) is 21.5. The number of benzene rings is 2. The van der Waals surface area contributed by atoms with Crippen molar-refractivity contribution in [3.63, 3.8) is 0 Å². The third kappa shape index (κ3) is 4.78. The summed E-state index contributed by atoms with van der Waals surface area (Å²) in [6.07, 6.45) is 5.85. The summed E-state index contributed by atoms with van der Waals surface area (Å²) in [5.74, 6) is -0.294. The molecule has 5 heteroatoms. The molecule has 4 rings (SSSR count). The maximum absolute atomic E-state index is 13.4. The van der Waals surface area contributed by atoms with Gasteiger partial charge >= 0.3 is 0 Å². The first-order chi connectivity index (χ1) is 15.7. The minimum absolute atomic E-state index is 0.0359. The maximum Gasteiger partial charge on any atom is 0.253 e. The highest BCUT2D eigenvalue weighted by Gasteiger charge is 2.32. The van der Waals surface area contributed by atoms with E-state index in [2.05, 4.69) is 23.7 Å². The van der Waals surface area contributed by atoms with E-state index in [1.54, 1.807) is 18.5 Å². The van der Waals surface area contributed by atoms with Crippen LogP contribution in [0.4, 0.5) is 0 Å². The Kier molecular flexibility index (Phi) is 6.75. The van der Waals surface area contributed by atoms with Crippen molar-refractivity contribution in [2.75, 3.05) is 26.2 Å². The highest BCUT2D eigenvalue weighted by molar-refractivity contribution is 5.95. The summed E-state index contributed by atoms with van der Waals surface area (Å²) in [5, 5.41) is 0. The molecule has 0 radical (unpaired) electrons. The molecule has 1 atom stereocenters. The number of pyridine rings is 1. The number of carbonyl (C=O) groups is 2. The van der Waals surface area contributed by atoms with Crippen LogP contribution in [-0.4, -0.2) is 52.8 Å².